The van der Waals surface area contributed by atoms with Crippen LogP contribution in [0.15, 0.2) is 53.7 Å². The third-order valence-corrected chi connectivity index (χ3v) is 3.73. The molecule has 2 aromatic rings. The number of pyridine rings is 1. The highest BCUT2D eigenvalue weighted by atomic mass is 32.2. The lowest BCUT2D eigenvalue weighted by Gasteiger charge is -2.12. The van der Waals surface area contributed by atoms with Gasteiger partial charge >= 0.3 is 5.97 Å². The molecule has 1 aromatic carbocycles. The predicted molar refractivity (Wildman–Crippen MR) is 71.9 cm³/mol. The number of thioether (sulfide) groups is 1. The predicted octanol–water partition coefficient (Wildman–Crippen LogP) is 3.63. The molecule has 1 atom stereocenters. The van der Waals surface area contributed by atoms with Crippen molar-refractivity contribution in [2.75, 3.05) is 0 Å². The molecule has 1 heterocycles. The second kappa shape index (κ2) is 5.69. The largest absolute Gasteiger partial charge is 0.478 e. The van der Waals surface area contributed by atoms with E-state index in [0.717, 1.165) is 5.56 Å². The molecule has 1 unspecified atom stereocenters. The minimum absolute atomic E-state index is 0.166. The Balaban J connectivity index is 2.22. The van der Waals surface area contributed by atoms with Gasteiger partial charge in [0.1, 0.15) is 5.03 Å². The first-order valence-corrected chi connectivity index (χ1v) is 6.46. The zero-order valence-corrected chi connectivity index (χ0v) is 10.7. The van der Waals surface area contributed by atoms with Crippen LogP contribution in [0.5, 0.6) is 0 Å². The fraction of sp³-hybridized carbons (Fsp3) is 0.143. The number of nitrogens with zero attached hydrogens (tertiary/aromatic N) is 1. The Morgan fingerprint density at radius 3 is 2.61 bits per heavy atom. The van der Waals surface area contributed by atoms with Crippen molar-refractivity contribution in [1.82, 2.24) is 4.98 Å². The van der Waals surface area contributed by atoms with Crippen molar-refractivity contribution in [1.29, 1.82) is 0 Å². The van der Waals surface area contributed by atoms with Gasteiger partial charge in [0.05, 0.1) is 5.56 Å². The molecule has 0 bridgehead atoms. The minimum Gasteiger partial charge on any atom is -0.478 e. The Labute approximate surface area is 110 Å². The highest BCUT2D eigenvalue weighted by Gasteiger charge is 2.15. The molecule has 1 aromatic heterocycles. The van der Waals surface area contributed by atoms with E-state index in [0.29, 0.717) is 5.03 Å². The van der Waals surface area contributed by atoms with Gasteiger partial charge in [0.2, 0.25) is 0 Å². The number of carboxylic acids is 1. The molecule has 0 fully saturated rings. The van der Waals surface area contributed by atoms with Crippen molar-refractivity contribution < 1.29 is 9.90 Å². The van der Waals surface area contributed by atoms with Crippen LogP contribution in [-0.4, -0.2) is 16.1 Å². The van der Waals surface area contributed by atoms with Crippen LogP contribution >= 0.6 is 11.8 Å². The molecule has 18 heavy (non-hydrogen) atoms. The Hall–Kier alpha value is -1.81. The summed E-state index contributed by atoms with van der Waals surface area (Å²) in [6.07, 6.45) is 1.62. The standard InChI is InChI=1S/C14H13NO2S/c1-10(11-6-3-2-4-7-11)18-13-12(14(16)17)8-5-9-15-13/h2-10H,1H3,(H,16,17). The normalized spacial score (nSPS) is 12.1. The smallest absolute Gasteiger partial charge is 0.338 e. The number of carboxylic acid groups (broad SMARTS) is 1. The topological polar surface area (TPSA) is 50.2 Å². The van der Waals surface area contributed by atoms with Gasteiger partial charge in [-0.15, -0.1) is 0 Å². The Morgan fingerprint density at radius 2 is 1.94 bits per heavy atom. The number of carbonyl (C=O) groups is 1. The van der Waals surface area contributed by atoms with Gasteiger partial charge in [0.15, 0.2) is 0 Å². The Morgan fingerprint density at radius 1 is 1.22 bits per heavy atom. The van der Waals surface area contributed by atoms with Crippen LogP contribution in [0.3, 0.4) is 0 Å². The minimum atomic E-state index is -0.939. The SMILES string of the molecule is CC(Sc1ncccc1C(=O)O)c1ccccc1. The molecule has 4 heteroatoms. The van der Waals surface area contributed by atoms with Crippen molar-refractivity contribution in [2.24, 2.45) is 0 Å². The quantitative estimate of drug-likeness (QED) is 0.852. The summed E-state index contributed by atoms with van der Waals surface area (Å²) in [6.45, 7) is 2.04. The van der Waals surface area contributed by atoms with Crippen LogP contribution in [0.25, 0.3) is 0 Å². The molecule has 2 rings (SSSR count). The monoisotopic (exact) mass is 259 g/mol. The molecular formula is C14H13NO2S. The molecule has 0 radical (unpaired) electrons. The van der Waals surface area contributed by atoms with Crippen LogP contribution in [-0.2, 0) is 0 Å². The van der Waals surface area contributed by atoms with E-state index >= 15 is 0 Å². The Bertz CT molecular complexity index is 543. The summed E-state index contributed by atoms with van der Waals surface area (Å²) in [7, 11) is 0. The van der Waals surface area contributed by atoms with E-state index in [1.54, 1.807) is 18.3 Å². The highest BCUT2D eigenvalue weighted by Crippen LogP contribution is 2.34. The second-order valence-corrected chi connectivity index (χ2v) is 5.16. The number of hydrogen-bond acceptors (Lipinski definition) is 3. The molecule has 0 aliphatic heterocycles. The molecule has 0 aliphatic rings. The summed E-state index contributed by atoms with van der Waals surface area (Å²) in [6, 6.07) is 13.2. The van der Waals surface area contributed by atoms with Crippen molar-refractivity contribution in [3.8, 4) is 0 Å². The maximum Gasteiger partial charge on any atom is 0.338 e. The van der Waals surface area contributed by atoms with Gasteiger partial charge in [-0.2, -0.15) is 0 Å². The first-order chi connectivity index (χ1) is 8.68. The average Bonchev–Trinajstić information content (AvgIpc) is 2.40. The van der Waals surface area contributed by atoms with Crippen LogP contribution in [0, 0.1) is 0 Å². The van der Waals surface area contributed by atoms with Crippen molar-refractivity contribution >= 4 is 17.7 Å². The number of aromatic carboxylic acids is 1. The number of aromatic nitrogens is 1. The summed E-state index contributed by atoms with van der Waals surface area (Å²) in [5.41, 5.74) is 1.41. The Kier molecular flexibility index (Phi) is 3.99. The lowest BCUT2D eigenvalue weighted by atomic mass is 10.2. The fourth-order valence-corrected chi connectivity index (χ4v) is 2.64. The zero-order chi connectivity index (χ0) is 13.0. The van der Waals surface area contributed by atoms with Gasteiger partial charge in [-0.25, -0.2) is 9.78 Å². The average molecular weight is 259 g/mol. The third-order valence-electron chi connectivity index (χ3n) is 2.56. The lowest BCUT2D eigenvalue weighted by molar-refractivity contribution is 0.0692. The van der Waals surface area contributed by atoms with Gasteiger partial charge in [-0.05, 0) is 24.6 Å². The first-order valence-electron chi connectivity index (χ1n) is 5.58. The summed E-state index contributed by atoms with van der Waals surface area (Å²) in [4.78, 5) is 15.2. The van der Waals surface area contributed by atoms with Gasteiger partial charge in [0.25, 0.3) is 0 Å². The number of benzene rings is 1. The van der Waals surface area contributed by atoms with Gasteiger partial charge in [0, 0.05) is 11.4 Å². The van der Waals surface area contributed by atoms with E-state index in [2.05, 4.69) is 4.98 Å². The third kappa shape index (κ3) is 2.90. The lowest BCUT2D eigenvalue weighted by Crippen LogP contribution is -2.01. The summed E-state index contributed by atoms with van der Waals surface area (Å²) in [5.74, 6) is -0.939. The van der Waals surface area contributed by atoms with Crippen molar-refractivity contribution in [3.63, 3.8) is 0 Å². The molecule has 0 amide bonds. The van der Waals surface area contributed by atoms with Crippen molar-refractivity contribution in [2.45, 2.75) is 17.2 Å². The van der Waals surface area contributed by atoms with Crippen LogP contribution in [0.1, 0.15) is 28.1 Å². The molecule has 0 aliphatic carbocycles. The van der Waals surface area contributed by atoms with Gasteiger partial charge in [-0.1, -0.05) is 42.1 Å². The van der Waals surface area contributed by atoms with E-state index in [4.69, 9.17) is 5.11 Å². The molecule has 92 valence electrons. The fourth-order valence-electron chi connectivity index (χ4n) is 1.61. The van der Waals surface area contributed by atoms with E-state index in [9.17, 15) is 4.79 Å². The van der Waals surface area contributed by atoms with Crippen LogP contribution in [0.2, 0.25) is 0 Å². The summed E-state index contributed by atoms with van der Waals surface area (Å²) in [5, 5.41) is 9.82. The first kappa shape index (κ1) is 12.6. The summed E-state index contributed by atoms with van der Waals surface area (Å²) < 4.78 is 0. The molecule has 1 N–H and O–H groups in total. The number of rotatable bonds is 4. The zero-order valence-electron chi connectivity index (χ0n) is 9.91. The second-order valence-electron chi connectivity index (χ2n) is 3.83. The van der Waals surface area contributed by atoms with Crippen molar-refractivity contribution in [3.05, 3.63) is 59.8 Å². The van der Waals surface area contributed by atoms with E-state index in [-0.39, 0.29) is 10.8 Å². The summed E-state index contributed by atoms with van der Waals surface area (Å²) >= 11 is 1.46. The van der Waals surface area contributed by atoms with Crippen LogP contribution < -0.4 is 0 Å². The van der Waals surface area contributed by atoms with E-state index in [1.807, 2.05) is 37.3 Å². The molecule has 0 spiro atoms. The number of hydrogen-bond donors (Lipinski definition) is 1. The molecule has 0 saturated carbocycles. The van der Waals surface area contributed by atoms with E-state index in [1.165, 1.54) is 11.8 Å². The molecule has 0 saturated heterocycles. The van der Waals surface area contributed by atoms with E-state index < -0.39 is 5.97 Å². The molecular weight excluding hydrogens is 246 g/mol. The highest BCUT2D eigenvalue weighted by molar-refractivity contribution is 7.99. The van der Waals surface area contributed by atoms with Gasteiger partial charge < -0.3 is 5.11 Å². The van der Waals surface area contributed by atoms with Crippen LogP contribution in [0.4, 0.5) is 0 Å². The molecule has 3 nitrogen and oxygen atoms in total. The maximum atomic E-state index is 11.1. The maximum absolute atomic E-state index is 11.1. The van der Waals surface area contributed by atoms with Gasteiger partial charge in [-0.3, -0.25) is 0 Å².